The summed E-state index contributed by atoms with van der Waals surface area (Å²) in [5, 5.41) is 7.67. The quantitative estimate of drug-likeness (QED) is 0.595. The van der Waals surface area contributed by atoms with Crippen molar-refractivity contribution in [2.24, 2.45) is 10.7 Å². The first-order chi connectivity index (χ1) is 10.2. The molecule has 2 aromatic carbocycles. The van der Waals surface area contributed by atoms with Crippen LogP contribution in [0.2, 0.25) is 0 Å². The summed E-state index contributed by atoms with van der Waals surface area (Å²) in [4.78, 5) is 15.8. The highest BCUT2D eigenvalue weighted by atomic mass is 16.2. The van der Waals surface area contributed by atoms with Crippen LogP contribution in [0.15, 0.2) is 47.5 Å². The first-order valence-corrected chi connectivity index (χ1v) is 7.06. The molecule has 3 rings (SSSR count). The van der Waals surface area contributed by atoms with Crippen molar-refractivity contribution in [3.63, 3.8) is 0 Å². The maximum absolute atomic E-state index is 11.5. The predicted molar refractivity (Wildman–Crippen MR) is 84.0 cm³/mol. The second-order valence-corrected chi connectivity index (χ2v) is 5.21. The Labute approximate surface area is 123 Å². The molecule has 21 heavy (non-hydrogen) atoms. The Morgan fingerprint density at radius 2 is 1.95 bits per heavy atom. The van der Waals surface area contributed by atoms with E-state index in [9.17, 15) is 4.79 Å². The second kappa shape index (κ2) is 5.83. The highest BCUT2D eigenvalue weighted by Gasteiger charge is 2.23. The minimum absolute atomic E-state index is 0.140. The summed E-state index contributed by atoms with van der Waals surface area (Å²) in [6, 6.07) is 14.2. The van der Waals surface area contributed by atoms with Gasteiger partial charge < -0.3 is 11.1 Å². The van der Waals surface area contributed by atoms with Crippen LogP contribution in [0.5, 0.6) is 0 Å². The molecule has 0 spiro atoms. The van der Waals surface area contributed by atoms with E-state index >= 15 is 0 Å². The molecule has 2 aromatic rings. The number of nitrogens with one attached hydrogen (secondary N) is 2. The van der Waals surface area contributed by atoms with Crippen LogP contribution < -0.4 is 16.4 Å². The lowest BCUT2D eigenvalue weighted by atomic mass is 10.1. The zero-order valence-electron chi connectivity index (χ0n) is 11.7. The summed E-state index contributed by atoms with van der Waals surface area (Å²) in [6.45, 7) is 0.441. The molecule has 0 aromatic heterocycles. The van der Waals surface area contributed by atoms with Crippen LogP contribution in [0.3, 0.4) is 0 Å². The van der Waals surface area contributed by atoms with Gasteiger partial charge in [-0.3, -0.25) is 5.32 Å². The van der Waals surface area contributed by atoms with Crippen LogP contribution in [0.25, 0.3) is 10.8 Å². The predicted octanol–water partition coefficient (Wildman–Crippen LogP) is 2.12. The van der Waals surface area contributed by atoms with E-state index in [1.54, 1.807) is 0 Å². The van der Waals surface area contributed by atoms with Gasteiger partial charge in [0.15, 0.2) is 5.96 Å². The Kier molecular flexibility index (Phi) is 3.73. The lowest BCUT2D eigenvalue weighted by Crippen LogP contribution is -2.44. The van der Waals surface area contributed by atoms with Crippen molar-refractivity contribution in [2.75, 3.05) is 0 Å². The van der Waals surface area contributed by atoms with E-state index < -0.39 is 0 Å². The maximum Gasteiger partial charge on any atom is 0.321 e. The van der Waals surface area contributed by atoms with E-state index in [1.165, 1.54) is 5.39 Å². The molecule has 1 fully saturated rings. The lowest BCUT2D eigenvalue weighted by Gasteiger charge is -2.07. The average Bonchev–Trinajstić information content (AvgIpc) is 3.28. The van der Waals surface area contributed by atoms with Gasteiger partial charge in [-0.15, -0.1) is 0 Å². The van der Waals surface area contributed by atoms with Gasteiger partial charge in [-0.1, -0.05) is 42.5 Å². The number of carbonyl (C=O) groups excluding carboxylic acids is 1. The summed E-state index contributed by atoms with van der Waals surface area (Å²) in [5.41, 5.74) is 6.82. The molecule has 2 amide bonds. The van der Waals surface area contributed by atoms with E-state index in [-0.39, 0.29) is 12.0 Å². The molecule has 0 saturated heterocycles. The number of benzene rings is 2. The number of urea groups is 1. The topological polar surface area (TPSA) is 79.5 Å². The molecular formula is C16H18N4O. The number of fused-ring (bicyclic) bond motifs is 1. The summed E-state index contributed by atoms with van der Waals surface area (Å²) >= 11 is 0. The van der Waals surface area contributed by atoms with E-state index in [1.807, 2.05) is 24.3 Å². The van der Waals surface area contributed by atoms with Crippen LogP contribution in [0.1, 0.15) is 18.4 Å². The number of carbonyl (C=O) groups is 1. The Balaban J connectivity index is 1.67. The van der Waals surface area contributed by atoms with Crippen molar-refractivity contribution < 1.29 is 4.79 Å². The Bertz CT molecular complexity index is 686. The van der Waals surface area contributed by atoms with E-state index in [0.717, 1.165) is 23.8 Å². The third-order valence-corrected chi connectivity index (χ3v) is 3.45. The van der Waals surface area contributed by atoms with E-state index in [4.69, 9.17) is 5.73 Å². The summed E-state index contributed by atoms with van der Waals surface area (Å²) < 4.78 is 0. The number of rotatable bonds is 3. The van der Waals surface area contributed by atoms with E-state index in [0.29, 0.717) is 12.6 Å². The van der Waals surface area contributed by atoms with Gasteiger partial charge >= 0.3 is 6.03 Å². The fraction of sp³-hybridized carbons (Fsp3) is 0.250. The molecule has 5 nitrogen and oxygen atoms in total. The minimum Gasteiger partial charge on any atom is -0.370 e. The van der Waals surface area contributed by atoms with Crippen molar-refractivity contribution in [1.29, 1.82) is 0 Å². The molecular weight excluding hydrogens is 264 g/mol. The van der Waals surface area contributed by atoms with Crippen molar-refractivity contribution in [3.8, 4) is 0 Å². The molecule has 1 saturated carbocycles. The molecule has 5 heteroatoms. The average molecular weight is 282 g/mol. The monoisotopic (exact) mass is 282 g/mol. The maximum atomic E-state index is 11.5. The van der Waals surface area contributed by atoms with Crippen molar-refractivity contribution >= 4 is 22.8 Å². The van der Waals surface area contributed by atoms with Crippen LogP contribution >= 0.6 is 0 Å². The van der Waals surface area contributed by atoms with Gasteiger partial charge in [-0.25, -0.2) is 9.79 Å². The first kappa shape index (κ1) is 13.4. The molecule has 108 valence electrons. The molecule has 1 aliphatic carbocycles. The van der Waals surface area contributed by atoms with Gasteiger partial charge in [0.2, 0.25) is 0 Å². The number of hydrogen-bond donors (Lipinski definition) is 3. The van der Waals surface area contributed by atoms with E-state index in [2.05, 4.69) is 33.8 Å². The Morgan fingerprint density at radius 1 is 1.19 bits per heavy atom. The van der Waals surface area contributed by atoms with Gasteiger partial charge in [0.25, 0.3) is 0 Å². The third-order valence-electron chi connectivity index (χ3n) is 3.45. The van der Waals surface area contributed by atoms with Gasteiger partial charge in [-0.05, 0) is 29.2 Å². The van der Waals surface area contributed by atoms with Gasteiger partial charge in [0.1, 0.15) is 0 Å². The summed E-state index contributed by atoms with van der Waals surface area (Å²) in [5.74, 6) is 0.140. The molecule has 0 unspecified atom stereocenters. The molecule has 0 atom stereocenters. The fourth-order valence-corrected chi connectivity index (χ4v) is 2.21. The number of nitrogens with two attached hydrogens (primary N) is 1. The number of aliphatic imine (C=N–C) groups is 1. The summed E-state index contributed by atoms with van der Waals surface area (Å²) in [7, 11) is 0. The van der Waals surface area contributed by atoms with Crippen molar-refractivity contribution in [3.05, 3.63) is 48.0 Å². The SMILES string of the molecule is NC(=NCc1cccc2ccccc12)NC(=O)NC1CC1. The zero-order valence-corrected chi connectivity index (χ0v) is 11.7. The Morgan fingerprint density at radius 3 is 2.76 bits per heavy atom. The third kappa shape index (κ3) is 3.51. The highest BCUT2D eigenvalue weighted by molar-refractivity contribution is 5.95. The largest absolute Gasteiger partial charge is 0.370 e. The van der Waals surface area contributed by atoms with Crippen LogP contribution in [-0.4, -0.2) is 18.0 Å². The fourth-order valence-electron chi connectivity index (χ4n) is 2.21. The van der Waals surface area contributed by atoms with Crippen molar-refractivity contribution in [2.45, 2.75) is 25.4 Å². The molecule has 0 heterocycles. The second-order valence-electron chi connectivity index (χ2n) is 5.21. The molecule has 0 bridgehead atoms. The lowest BCUT2D eigenvalue weighted by molar-refractivity contribution is 0.245. The van der Waals surface area contributed by atoms with Crippen LogP contribution in [0.4, 0.5) is 4.79 Å². The highest BCUT2D eigenvalue weighted by Crippen LogP contribution is 2.19. The first-order valence-electron chi connectivity index (χ1n) is 7.06. The smallest absolute Gasteiger partial charge is 0.321 e. The zero-order chi connectivity index (χ0) is 14.7. The number of nitrogens with zero attached hydrogens (tertiary/aromatic N) is 1. The van der Waals surface area contributed by atoms with Gasteiger partial charge in [-0.2, -0.15) is 0 Å². The number of hydrogen-bond acceptors (Lipinski definition) is 2. The molecule has 4 N–H and O–H groups in total. The minimum atomic E-state index is -0.281. The van der Waals surface area contributed by atoms with Gasteiger partial charge in [0.05, 0.1) is 6.54 Å². The van der Waals surface area contributed by atoms with Crippen molar-refractivity contribution in [1.82, 2.24) is 10.6 Å². The van der Waals surface area contributed by atoms with Crippen LogP contribution in [0, 0.1) is 0 Å². The molecule has 1 aliphatic rings. The van der Waals surface area contributed by atoms with Gasteiger partial charge in [0, 0.05) is 6.04 Å². The number of amides is 2. The summed E-state index contributed by atoms with van der Waals surface area (Å²) in [6.07, 6.45) is 2.08. The van der Waals surface area contributed by atoms with Crippen LogP contribution in [-0.2, 0) is 6.54 Å². The molecule has 0 radical (unpaired) electrons. The Hall–Kier alpha value is -2.56. The normalized spacial score (nSPS) is 15.0. The molecule has 0 aliphatic heterocycles. The number of guanidine groups is 1. The standard InChI is InChI=1S/C16H18N4O/c17-15(20-16(21)19-13-8-9-13)18-10-12-6-3-5-11-4-1-2-7-14(11)12/h1-7,13H,8-10H2,(H4,17,18,19,20,21).